The molecule has 0 heterocycles. The number of carboxylic acid groups (broad SMARTS) is 1. The summed E-state index contributed by atoms with van der Waals surface area (Å²) in [7, 11) is 0. The summed E-state index contributed by atoms with van der Waals surface area (Å²) in [6.07, 6.45) is -0.265. The highest BCUT2D eigenvalue weighted by molar-refractivity contribution is 7.80. The lowest BCUT2D eigenvalue weighted by atomic mass is 10.0. The molecule has 0 fully saturated rings. The predicted octanol–water partition coefficient (Wildman–Crippen LogP) is -0.761. The summed E-state index contributed by atoms with van der Waals surface area (Å²) in [4.78, 5) is 61.8. The Kier molecular flexibility index (Phi) is 12.2. The monoisotopic (exact) mass is 559 g/mol. The number of carboxylic acids is 1. The van der Waals surface area contributed by atoms with E-state index in [2.05, 4.69) is 28.6 Å². The van der Waals surface area contributed by atoms with Crippen molar-refractivity contribution in [3.05, 3.63) is 65.7 Å². The number of aliphatic carboxylic acids is 1. The maximum Gasteiger partial charge on any atom is 0.327 e. The lowest BCUT2D eigenvalue weighted by molar-refractivity contribution is -0.141. The summed E-state index contributed by atoms with van der Waals surface area (Å²) >= 11 is 3.95. The number of hydrogen-bond donors (Lipinski definition) is 8. The number of primary amides is 1. The van der Waals surface area contributed by atoms with Gasteiger partial charge in [-0.25, -0.2) is 4.79 Å². The molecule has 12 nitrogen and oxygen atoms in total. The molecule has 0 spiro atoms. The molecule has 0 aromatic heterocycles. The van der Waals surface area contributed by atoms with E-state index in [1.54, 1.807) is 42.5 Å². The number of amides is 4. The van der Waals surface area contributed by atoms with Gasteiger partial charge in [-0.2, -0.15) is 12.6 Å². The molecule has 4 atom stereocenters. The van der Waals surface area contributed by atoms with Gasteiger partial charge < -0.3 is 37.6 Å². The van der Waals surface area contributed by atoms with E-state index in [1.807, 2.05) is 0 Å². The van der Waals surface area contributed by atoms with E-state index < -0.39 is 53.8 Å². The first-order valence-corrected chi connectivity index (χ1v) is 12.7. The zero-order valence-corrected chi connectivity index (χ0v) is 22.0. The van der Waals surface area contributed by atoms with Crippen molar-refractivity contribution >= 4 is 42.2 Å². The molecule has 39 heavy (non-hydrogen) atoms. The van der Waals surface area contributed by atoms with Crippen LogP contribution in [-0.4, -0.2) is 69.7 Å². The van der Waals surface area contributed by atoms with Gasteiger partial charge >= 0.3 is 5.97 Å². The Morgan fingerprint density at radius 1 is 0.769 bits per heavy atom. The molecular formula is C26H33N5O7S. The molecule has 210 valence electrons. The molecule has 2 aromatic rings. The van der Waals surface area contributed by atoms with Crippen molar-refractivity contribution in [2.24, 2.45) is 11.5 Å². The molecule has 0 saturated carbocycles. The largest absolute Gasteiger partial charge is 0.508 e. The number of rotatable bonds is 15. The van der Waals surface area contributed by atoms with Gasteiger partial charge in [0.05, 0.1) is 6.04 Å². The zero-order chi connectivity index (χ0) is 28.9. The van der Waals surface area contributed by atoms with Crippen molar-refractivity contribution in [3.8, 4) is 5.75 Å². The molecule has 0 saturated heterocycles. The quantitative estimate of drug-likeness (QED) is 0.130. The standard InChI is InChI=1S/C26H33N5O7S/c27-18(12-16-6-8-17(32)9-7-16)23(34)29-19(10-11-22(28)33)24(35)30-20(13-15-4-2-1-3-5-15)25(36)31-21(14-39)26(37)38/h1-9,18-21,32,39H,10-14,27H2,(H2,28,33)(H,29,34)(H,30,35)(H,31,36)(H,37,38). The second-order valence-corrected chi connectivity index (χ2v) is 9.24. The number of phenolic OH excluding ortho intramolecular Hbond substituents is 1. The van der Waals surface area contributed by atoms with Crippen LogP contribution in [0, 0.1) is 0 Å². The normalized spacial score (nSPS) is 13.8. The Balaban J connectivity index is 2.19. The first-order chi connectivity index (χ1) is 18.5. The van der Waals surface area contributed by atoms with E-state index >= 15 is 0 Å². The minimum atomic E-state index is -1.29. The van der Waals surface area contributed by atoms with Crippen molar-refractivity contribution in [2.75, 3.05) is 5.75 Å². The van der Waals surface area contributed by atoms with Crippen molar-refractivity contribution in [2.45, 2.75) is 49.9 Å². The van der Waals surface area contributed by atoms with E-state index in [0.29, 0.717) is 11.1 Å². The van der Waals surface area contributed by atoms with Crippen molar-refractivity contribution in [1.29, 1.82) is 0 Å². The molecule has 4 amide bonds. The average Bonchev–Trinajstić information content (AvgIpc) is 2.90. The summed E-state index contributed by atoms with van der Waals surface area (Å²) < 4.78 is 0. The molecule has 0 aliphatic rings. The number of carbonyl (C=O) groups is 5. The first kappa shape index (κ1) is 31.1. The fourth-order valence-electron chi connectivity index (χ4n) is 3.60. The van der Waals surface area contributed by atoms with Crippen LogP contribution < -0.4 is 27.4 Å². The fraction of sp³-hybridized carbons (Fsp3) is 0.346. The Labute approximate surface area is 230 Å². The number of carbonyl (C=O) groups excluding carboxylic acids is 4. The van der Waals surface area contributed by atoms with Crippen LogP contribution in [0.1, 0.15) is 24.0 Å². The zero-order valence-electron chi connectivity index (χ0n) is 21.1. The number of thiol groups is 1. The van der Waals surface area contributed by atoms with Gasteiger partial charge in [0.2, 0.25) is 23.6 Å². The van der Waals surface area contributed by atoms with Crippen LogP contribution in [0.4, 0.5) is 0 Å². The molecular weight excluding hydrogens is 526 g/mol. The number of hydrogen-bond acceptors (Lipinski definition) is 8. The first-order valence-electron chi connectivity index (χ1n) is 12.1. The lowest BCUT2D eigenvalue weighted by Gasteiger charge is -2.25. The molecule has 9 N–H and O–H groups in total. The molecule has 0 bridgehead atoms. The van der Waals surface area contributed by atoms with Crippen LogP contribution in [0.5, 0.6) is 5.75 Å². The van der Waals surface area contributed by atoms with Gasteiger partial charge in [-0.1, -0.05) is 42.5 Å². The highest BCUT2D eigenvalue weighted by Crippen LogP contribution is 2.11. The predicted molar refractivity (Wildman–Crippen MR) is 146 cm³/mol. The lowest BCUT2D eigenvalue weighted by Crippen LogP contribution is -2.58. The van der Waals surface area contributed by atoms with Crippen LogP contribution in [0.25, 0.3) is 0 Å². The van der Waals surface area contributed by atoms with Gasteiger partial charge in [0.15, 0.2) is 0 Å². The fourth-order valence-corrected chi connectivity index (χ4v) is 3.85. The van der Waals surface area contributed by atoms with Crippen molar-refractivity contribution < 1.29 is 34.2 Å². The number of nitrogens with two attached hydrogens (primary N) is 2. The van der Waals surface area contributed by atoms with E-state index in [0.717, 1.165) is 0 Å². The summed E-state index contributed by atoms with van der Waals surface area (Å²) in [6, 6.07) is 9.99. The molecule has 4 unspecified atom stereocenters. The van der Waals surface area contributed by atoms with Crippen LogP contribution in [-0.2, 0) is 36.8 Å². The summed E-state index contributed by atoms with van der Waals surface area (Å²) in [5.74, 6) is -4.35. The molecule has 2 rings (SSSR count). The van der Waals surface area contributed by atoms with Gasteiger partial charge in [0.1, 0.15) is 23.9 Å². The molecule has 0 aliphatic heterocycles. The van der Waals surface area contributed by atoms with Crippen LogP contribution in [0.15, 0.2) is 54.6 Å². The molecule has 2 aromatic carbocycles. The summed E-state index contributed by atoms with van der Waals surface area (Å²) in [6.45, 7) is 0. The van der Waals surface area contributed by atoms with Gasteiger partial charge in [0.25, 0.3) is 0 Å². The third-order valence-electron chi connectivity index (χ3n) is 5.75. The Morgan fingerprint density at radius 3 is 1.87 bits per heavy atom. The Hall–Kier alpha value is -4.10. The number of benzene rings is 2. The van der Waals surface area contributed by atoms with Crippen molar-refractivity contribution in [1.82, 2.24) is 16.0 Å². The number of aromatic hydroxyl groups is 1. The summed E-state index contributed by atoms with van der Waals surface area (Å²) in [5, 5.41) is 26.1. The highest BCUT2D eigenvalue weighted by atomic mass is 32.1. The third kappa shape index (κ3) is 10.7. The smallest absolute Gasteiger partial charge is 0.327 e. The van der Waals surface area contributed by atoms with Gasteiger partial charge in [-0.05, 0) is 36.1 Å². The second kappa shape index (κ2) is 15.3. The summed E-state index contributed by atoms with van der Waals surface area (Å²) in [5.41, 5.74) is 12.6. The topological polar surface area (TPSA) is 214 Å². The van der Waals surface area contributed by atoms with Crippen LogP contribution >= 0.6 is 12.6 Å². The molecule has 0 aliphatic carbocycles. The minimum Gasteiger partial charge on any atom is -0.508 e. The maximum atomic E-state index is 13.2. The van der Waals surface area contributed by atoms with Crippen LogP contribution in [0.2, 0.25) is 0 Å². The average molecular weight is 560 g/mol. The van der Waals surface area contributed by atoms with E-state index in [-0.39, 0.29) is 37.2 Å². The van der Waals surface area contributed by atoms with E-state index in [4.69, 9.17) is 11.5 Å². The molecule has 13 heteroatoms. The SMILES string of the molecule is NC(=O)CCC(NC(=O)C(N)Cc1ccc(O)cc1)C(=O)NC(Cc1ccccc1)C(=O)NC(CS)C(=O)O. The molecule has 0 radical (unpaired) electrons. The van der Waals surface area contributed by atoms with Gasteiger partial charge in [-0.3, -0.25) is 19.2 Å². The van der Waals surface area contributed by atoms with Gasteiger partial charge in [0, 0.05) is 18.6 Å². The maximum absolute atomic E-state index is 13.2. The number of phenols is 1. The second-order valence-electron chi connectivity index (χ2n) is 8.88. The number of nitrogens with one attached hydrogen (secondary N) is 3. The Morgan fingerprint density at radius 2 is 1.31 bits per heavy atom. The van der Waals surface area contributed by atoms with Crippen molar-refractivity contribution in [3.63, 3.8) is 0 Å². The van der Waals surface area contributed by atoms with E-state index in [9.17, 15) is 34.2 Å². The minimum absolute atomic E-state index is 0.0220. The van der Waals surface area contributed by atoms with Gasteiger partial charge in [-0.15, -0.1) is 0 Å². The highest BCUT2D eigenvalue weighted by Gasteiger charge is 2.30. The van der Waals surface area contributed by atoms with E-state index in [1.165, 1.54) is 12.1 Å². The van der Waals surface area contributed by atoms with Crippen LogP contribution in [0.3, 0.4) is 0 Å². The Bertz CT molecular complexity index is 1150. The third-order valence-corrected chi connectivity index (χ3v) is 6.12.